The number of carbonyl (C=O) groups excluding carboxylic acids is 1. The highest BCUT2D eigenvalue weighted by Crippen LogP contribution is 2.32. The van der Waals surface area contributed by atoms with Crippen LogP contribution < -0.4 is 28.3 Å². The highest BCUT2D eigenvalue weighted by Gasteiger charge is 2.24. The first-order chi connectivity index (χ1) is 11.2. The highest BCUT2D eigenvalue weighted by atomic mass is 35.5. The van der Waals surface area contributed by atoms with Gasteiger partial charge in [-0.2, -0.15) is 0 Å². The maximum atomic E-state index is 9.44. The first-order valence-electron chi connectivity index (χ1n) is 7.69. The first-order valence-corrected chi connectivity index (χ1v) is 9.19. The summed E-state index contributed by atoms with van der Waals surface area (Å²) < 4.78 is 0. The smallest absolute Gasteiger partial charge is 0.126 e. The molecule has 0 N–H and O–H groups in total. The summed E-state index contributed by atoms with van der Waals surface area (Å²) >= 11 is 0. The van der Waals surface area contributed by atoms with Gasteiger partial charge in [0.2, 0.25) is 0 Å². The predicted octanol–water partition coefficient (Wildman–Crippen LogP) is 0.776. The lowest BCUT2D eigenvalue weighted by Gasteiger charge is -2.10. The van der Waals surface area contributed by atoms with Crippen LogP contribution in [0, 0.1) is 0 Å². The molecule has 0 aromatic heterocycles. The summed E-state index contributed by atoms with van der Waals surface area (Å²) in [5, 5.41) is 4.31. The van der Waals surface area contributed by atoms with Crippen molar-refractivity contribution in [2.24, 2.45) is 0 Å². The number of hydrogen-bond acceptors (Lipinski definition) is 1. The van der Waals surface area contributed by atoms with Crippen molar-refractivity contribution in [3.8, 4) is 0 Å². The van der Waals surface area contributed by atoms with Crippen LogP contribution in [0.5, 0.6) is 0 Å². The van der Waals surface area contributed by atoms with Gasteiger partial charge in [0, 0.05) is 0 Å². The van der Waals surface area contributed by atoms with Gasteiger partial charge in [-0.25, -0.2) is 0 Å². The van der Waals surface area contributed by atoms with Gasteiger partial charge in [0.05, 0.1) is 7.92 Å². The zero-order valence-electron chi connectivity index (χ0n) is 13.9. The molecule has 124 valence electrons. The normalized spacial score (nSPS) is 9.46. The molecule has 3 aromatic carbocycles. The third-order valence-corrected chi connectivity index (χ3v) is 5.92. The maximum Gasteiger partial charge on any atom is 0.126 e. The van der Waals surface area contributed by atoms with Crippen molar-refractivity contribution >= 4 is 29.6 Å². The van der Waals surface area contributed by atoms with Crippen LogP contribution in [0.4, 0.5) is 0 Å². The second kappa shape index (κ2) is 10.8. The van der Waals surface area contributed by atoms with E-state index >= 15 is 0 Å². The second-order valence-corrected chi connectivity index (χ2v) is 7.86. The molecule has 0 unspecified atom stereocenters. The fourth-order valence-electron chi connectivity index (χ4n) is 2.31. The molecule has 0 bridgehead atoms. The fraction of sp³-hybridized carbons (Fsp3) is 0.0952. The lowest BCUT2D eigenvalue weighted by Crippen LogP contribution is -3.00. The molecule has 0 saturated heterocycles. The van der Waals surface area contributed by atoms with Crippen LogP contribution in [0.1, 0.15) is 13.8 Å². The van der Waals surface area contributed by atoms with Crippen molar-refractivity contribution in [2.75, 3.05) is 0 Å². The van der Waals surface area contributed by atoms with Crippen LogP contribution >= 0.6 is 7.92 Å². The molecule has 3 aromatic rings. The molecule has 0 heterocycles. The molecular weight excluding hydrogens is 335 g/mol. The zero-order valence-corrected chi connectivity index (χ0v) is 15.7. The fourth-order valence-corrected chi connectivity index (χ4v) is 4.89. The Morgan fingerprint density at radius 2 is 0.792 bits per heavy atom. The van der Waals surface area contributed by atoms with E-state index in [1.165, 1.54) is 29.8 Å². The number of Topliss-reactive ketones (excluding diaryl/α,β-unsaturated/α-hetero) is 1. The van der Waals surface area contributed by atoms with Crippen LogP contribution in [-0.4, -0.2) is 5.78 Å². The molecule has 0 atom stereocenters. The minimum Gasteiger partial charge on any atom is -1.00 e. The molecule has 0 spiro atoms. The topological polar surface area (TPSA) is 17.1 Å². The summed E-state index contributed by atoms with van der Waals surface area (Å²) in [4.78, 5) is 9.44. The Kier molecular flexibility index (Phi) is 9.01. The molecular formula is C21H22ClOP. The van der Waals surface area contributed by atoms with E-state index in [1.807, 2.05) is 0 Å². The van der Waals surface area contributed by atoms with E-state index in [9.17, 15) is 4.79 Å². The Hall–Kier alpha value is -1.95. The van der Waals surface area contributed by atoms with Gasteiger partial charge in [-0.05, 0) is 50.2 Å². The van der Waals surface area contributed by atoms with Crippen LogP contribution in [0.15, 0.2) is 91.0 Å². The lowest BCUT2D eigenvalue weighted by atomic mass is 10.4. The maximum absolute atomic E-state index is 9.44. The zero-order chi connectivity index (χ0) is 16.5. The summed E-state index contributed by atoms with van der Waals surface area (Å²) in [5.74, 6) is 0.167. The SMILES string of the molecule is CC(C)=O.[Cl-].c1ccc([PH+](c2ccccc2)c2ccccc2)cc1. The second-order valence-electron chi connectivity index (χ2n) is 5.38. The van der Waals surface area contributed by atoms with E-state index in [2.05, 4.69) is 91.0 Å². The average molecular weight is 357 g/mol. The Bertz CT molecular complexity index is 617. The third-order valence-electron chi connectivity index (χ3n) is 3.19. The Balaban J connectivity index is 0.000000522. The number of carbonyl (C=O) groups is 1. The first kappa shape index (κ1) is 20.1. The van der Waals surface area contributed by atoms with Crippen LogP contribution in [0.2, 0.25) is 0 Å². The molecule has 0 saturated carbocycles. The summed E-state index contributed by atoms with van der Waals surface area (Å²) in [7, 11) is -0.877. The van der Waals surface area contributed by atoms with Gasteiger partial charge in [-0.1, -0.05) is 54.6 Å². The summed E-state index contributed by atoms with van der Waals surface area (Å²) in [5.41, 5.74) is 0. The summed E-state index contributed by atoms with van der Waals surface area (Å²) in [6.45, 7) is 3.06. The van der Waals surface area contributed by atoms with Crippen molar-refractivity contribution in [3.05, 3.63) is 91.0 Å². The van der Waals surface area contributed by atoms with Gasteiger partial charge in [-0.15, -0.1) is 0 Å². The Labute approximate surface area is 151 Å². The van der Waals surface area contributed by atoms with Gasteiger partial charge in [-0.3, -0.25) is 0 Å². The van der Waals surface area contributed by atoms with Crippen LogP contribution in [0.3, 0.4) is 0 Å². The van der Waals surface area contributed by atoms with Crippen molar-refractivity contribution < 1.29 is 17.2 Å². The largest absolute Gasteiger partial charge is 1.00 e. The van der Waals surface area contributed by atoms with Crippen molar-refractivity contribution in [1.82, 2.24) is 0 Å². The number of hydrogen-bond donors (Lipinski definition) is 0. The van der Waals surface area contributed by atoms with Crippen LogP contribution in [0.25, 0.3) is 0 Å². The Morgan fingerprint density at radius 1 is 0.583 bits per heavy atom. The molecule has 0 aliphatic heterocycles. The van der Waals surface area contributed by atoms with Gasteiger partial charge in [0.25, 0.3) is 0 Å². The number of rotatable bonds is 3. The third kappa shape index (κ3) is 6.28. The van der Waals surface area contributed by atoms with E-state index in [1.54, 1.807) is 0 Å². The standard InChI is InChI=1S/C18H15P.C3H6O.ClH/c1-4-10-16(11-5-1)19(17-12-6-2-7-13-17)18-14-8-3-9-15-18;1-3(2)4;/h1-15H;1-2H3;1H. The predicted molar refractivity (Wildman–Crippen MR) is 103 cm³/mol. The minimum absolute atomic E-state index is 0. The Morgan fingerprint density at radius 3 is 1.00 bits per heavy atom. The van der Waals surface area contributed by atoms with E-state index < -0.39 is 7.92 Å². The molecule has 0 fully saturated rings. The molecule has 3 rings (SSSR count). The van der Waals surface area contributed by atoms with Crippen LogP contribution in [-0.2, 0) is 4.79 Å². The number of halogens is 1. The molecule has 3 heteroatoms. The van der Waals surface area contributed by atoms with Gasteiger partial charge in [0.15, 0.2) is 0 Å². The van der Waals surface area contributed by atoms with Crippen molar-refractivity contribution in [3.63, 3.8) is 0 Å². The number of benzene rings is 3. The van der Waals surface area contributed by atoms with E-state index in [-0.39, 0.29) is 18.2 Å². The minimum atomic E-state index is -0.877. The van der Waals surface area contributed by atoms with E-state index in [0.29, 0.717) is 0 Å². The van der Waals surface area contributed by atoms with Gasteiger partial charge in [0.1, 0.15) is 21.7 Å². The average Bonchev–Trinajstić information content (AvgIpc) is 2.58. The van der Waals surface area contributed by atoms with E-state index in [0.717, 1.165) is 0 Å². The molecule has 0 amide bonds. The molecule has 0 aliphatic rings. The molecule has 0 aliphatic carbocycles. The van der Waals surface area contributed by atoms with E-state index in [4.69, 9.17) is 0 Å². The quantitative estimate of drug-likeness (QED) is 0.634. The van der Waals surface area contributed by atoms with Gasteiger partial charge < -0.3 is 17.2 Å². The van der Waals surface area contributed by atoms with Crippen molar-refractivity contribution in [2.45, 2.75) is 13.8 Å². The van der Waals surface area contributed by atoms with Gasteiger partial charge >= 0.3 is 0 Å². The number of ketones is 1. The summed E-state index contributed by atoms with van der Waals surface area (Å²) in [6, 6.07) is 32.5. The molecule has 0 radical (unpaired) electrons. The lowest BCUT2D eigenvalue weighted by molar-refractivity contribution is -0.115. The summed E-state index contributed by atoms with van der Waals surface area (Å²) in [6.07, 6.45) is 0. The molecule has 1 nitrogen and oxygen atoms in total. The van der Waals surface area contributed by atoms with Crippen molar-refractivity contribution in [1.29, 1.82) is 0 Å². The molecule has 24 heavy (non-hydrogen) atoms. The monoisotopic (exact) mass is 356 g/mol. The highest BCUT2D eigenvalue weighted by molar-refractivity contribution is 7.79.